The van der Waals surface area contributed by atoms with Gasteiger partial charge in [0.25, 0.3) is 0 Å². The molecule has 0 radical (unpaired) electrons. The number of thiophene rings is 1. The Balaban J connectivity index is 1.67. The predicted octanol–water partition coefficient (Wildman–Crippen LogP) is 5.09. The van der Waals surface area contributed by atoms with E-state index in [1.54, 1.807) is 17.5 Å². The standard InChI is InChI=1S/C20H14N4S/c21-19-13-4-1-2-5-15(13)22-11-14(19)20-23-16-8-7-12(10-17(16)24-20)18-6-3-9-25-18/h1-11H,(H2,21,22)(H,23,24). The van der Waals surface area contributed by atoms with Crippen LogP contribution in [0.15, 0.2) is 66.2 Å². The number of benzene rings is 2. The summed E-state index contributed by atoms with van der Waals surface area (Å²) in [7, 11) is 0. The van der Waals surface area contributed by atoms with Gasteiger partial charge in [-0.2, -0.15) is 0 Å². The van der Waals surface area contributed by atoms with E-state index >= 15 is 0 Å². The van der Waals surface area contributed by atoms with Crippen molar-refractivity contribution in [3.63, 3.8) is 0 Å². The number of rotatable bonds is 2. The van der Waals surface area contributed by atoms with Gasteiger partial charge in [0.05, 0.1) is 27.8 Å². The van der Waals surface area contributed by atoms with Crippen LogP contribution in [0.25, 0.3) is 43.8 Å². The summed E-state index contributed by atoms with van der Waals surface area (Å²) < 4.78 is 0. The summed E-state index contributed by atoms with van der Waals surface area (Å²) in [6.45, 7) is 0. The van der Waals surface area contributed by atoms with E-state index in [1.165, 1.54) is 10.4 Å². The second kappa shape index (κ2) is 5.43. The van der Waals surface area contributed by atoms with Crippen molar-refractivity contribution in [2.45, 2.75) is 0 Å². The van der Waals surface area contributed by atoms with Gasteiger partial charge in [-0.3, -0.25) is 4.98 Å². The number of para-hydroxylation sites is 1. The van der Waals surface area contributed by atoms with E-state index in [0.717, 1.165) is 33.3 Å². The maximum Gasteiger partial charge on any atom is 0.142 e. The van der Waals surface area contributed by atoms with Crippen molar-refractivity contribution >= 4 is 39.0 Å². The van der Waals surface area contributed by atoms with Crippen LogP contribution in [0, 0.1) is 0 Å². The third kappa shape index (κ3) is 2.28. The third-order valence-corrected chi connectivity index (χ3v) is 5.28. The maximum atomic E-state index is 6.38. The zero-order chi connectivity index (χ0) is 16.8. The molecule has 2 aromatic carbocycles. The molecule has 3 heterocycles. The number of anilines is 1. The first-order valence-electron chi connectivity index (χ1n) is 7.97. The minimum atomic E-state index is 0.697. The maximum absolute atomic E-state index is 6.38. The highest BCUT2D eigenvalue weighted by Gasteiger charge is 2.12. The molecule has 5 rings (SSSR count). The highest BCUT2D eigenvalue weighted by Crippen LogP contribution is 2.32. The molecule has 0 aliphatic rings. The monoisotopic (exact) mass is 342 g/mol. The lowest BCUT2D eigenvalue weighted by atomic mass is 10.1. The number of imidazole rings is 1. The van der Waals surface area contributed by atoms with Crippen LogP contribution in [-0.4, -0.2) is 15.0 Å². The van der Waals surface area contributed by atoms with Gasteiger partial charge in [-0.05, 0) is 35.2 Å². The first kappa shape index (κ1) is 14.2. The molecule has 0 saturated heterocycles. The molecule has 0 saturated carbocycles. The smallest absolute Gasteiger partial charge is 0.142 e. The number of nitrogen functional groups attached to an aromatic ring is 1. The molecule has 0 atom stereocenters. The molecule has 5 heteroatoms. The van der Waals surface area contributed by atoms with E-state index in [9.17, 15) is 0 Å². The van der Waals surface area contributed by atoms with Gasteiger partial charge in [0.1, 0.15) is 5.82 Å². The van der Waals surface area contributed by atoms with Crippen molar-refractivity contribution in [2.24, 2.45) is 0 Å². The summed E-state index contributed by atoms with van der Waals surface area (Å²) in [5, 5.41) is 3.03. The number of fused-ring (bicyclic) bond motifs is 2. The number of nitrogens with two attached hydrogens (primary N) is 1. The first-order chi connectivity index (χ1) is 12.3. The van der Waals surface area contributed by atoms with Gasteiger partial charge in [-0.15, -0.1) is 11.3 Å². The van der Waals surface area contributed by atoms with Crippen LogP contribution in [0.2, 0.25) is 0 Å². The minimum Gasteiger partial charge on any atom is -0.398 e. The van der Waals surface area contributed by atoms with Gasteiger partial charge in [0.15, 0.2) is 0 Å². The normalized spacial score (nSPS) is 11.4. The lowest BCUT2D eigenvalue weighted by molar-refractivity contribution is 1.31. The Labute approximate surface area is 148 Å². The quantitative estimate of drug-likeness (QED) is 0.469. The van der Waals surface area contributed by atoms with E-state index in [2.05, 4.69) is 39.6 Å². The fraction of sp³-hybridized carbons (Fsp3) is 0. The number of aromatic amines is 1. The fourth-order valence-electron chi connectivity index (χ4n) is 3.08. The van der Waals surface area contributed by atoms with Gasteiger partial charge in [0, 0.05) is 16.5 Å². The van der Waals surface area contributed by atoms with Gasteiger partial charge in [0.2, 0.25) is 0 Å². The van der Waals surface area contributed by atoms with E-state index in [0.29, 0.717) is 5.69 Å². The van der Waals surface area contributed by atoms with Crippen molar-refractivity contribution in [1.82, 2.24) is 15.0 Å². The lowest BCUT2D eigenvalue weighted by Crippen LogP contribution is -1.94. The summed E-state index contributed by atoms with van der Waals surface area (Å²) >= 11 is 1.73. The van der Waals surface area contributed by atoms with E-state index in [1.807, 2.05) is 30.3 Å². The van der Waals surface area contributed by atoms with Crippen LogP contribution in [-0.2, 0) is 0 Å². The van der Waals surface area contributed by atoms with Crippen LogP contribution in [0.1, 0.15) is 0 Å². The zero-order valence-electron chi connectivity index (χ0n) is 13.2. The van der Waals surface area contributed by atoms with Gasteiger partial charge in [-0.1, -0.05) is 30.3 Å². The first-order valence-corrected chi connectivity index (χ1v) is 8.85. The van der Waals surface area contributed by atoms with Crippen molar-refractivity contribution < 1.29 is 0 Å². The summed E-state index contributed by atoms with van der Waals surface area (Å²) in [6, 6.07) is 18.3. The minimum absolute atomic E-state index is 0.697. The second-order valence-electron chi connectivity index (χ2n) is 5.90. The Bertz CT molecular complexity index is 1210. The summed E-state index contributed by atoms with van der Waals surface area (Å²) in [6.07, 6.45) is 1.79. The molecule has 25 heavy (non-hydrogen) atoms. The van der Waals surface area contributed by atoms with E-state index in [4.69, 9.17) is 10.7 Å². The number of nitrogens with zero attached hydrogens (tertiary/aromatic N) is 2. The van der Waals surface area contributed by atoms with Crippen molar-refractivity contribution in [3.8, 4) is 21.8 Å². The third-order valence-electron chi connectivity index (χ3n) is 4.36. The van der Waals surface area contributed by atoms with Gasteiger partial charge < -0.3 is 10.7 Å². The Kier molecular flexibility index (Phi) is 3.08. The molecule has 0 aliphatic carbocycles. The van der Waals surface area contributed by atoms with Crippen molar-refractivity contribution in [1.29, 1.82) is 0 Å². The molecule has 0 spiro atoms. The van der Waals surface area contributed by atoms with E-state index < -0.39 is 0 Å². The summed E-state index contributed by atoms with van der Waals surface area (Å²) in [5.41, 5.74) is 11.9. The van der Waals surface area contributed by atoms with Crippen molar-refractivity contribution in [2.75, 3.05) is 5.73 Å². The van der Waals surface area contributed by atoms with Crippen LogP contribution >= 0.6 is 11.3 Å². The molecule has 0 fully saturated rings. The average molecular weight is 342 g/mol. The number of nitrogens with one attached hydrogen (secondary N) is 1. The molecule has 3 N–H and O–H groups in total. The number of hydrogen-bond acceptors (Lipinski definition) is 4. The number of hydrogen-bond donors (Lipinski definition) is 2. The predicted molar refractivity (Wildman–Crippen MR) is 105 cm³/mol. The molecule has 4 nitrogen and oxygen atoms in total. The van der Waals surface area contributed by atoms with Crippen LogP contribution in [0.4, 0.5) is 5.69 Å². The Morgan fingerprint density at radius 2 is 1.88 bits per heavy atom. The molecule has 120 valence electrons. The highest BCUT2D eigenvalue weighted by atomic mass is 32.1. The zero-order valence-corrected chi connectivity index (χ0v) is 14.0. The highest BCUT2D eigenvalue weighted by molar-refractivity contribution is 7.13. The Hall–Kier alpha value is -3.18. The summed E-state index contributed by atoms with van der Waals surface area (Å²) in [5.74, 6) is 0.745. The molecule has 0 aliphatic heterocycles. The van der Waals surface area contributed by atoms with Crippen LogP contribution < -0.4 is 5.73 Å². The lowest BCUT2D eigenvalue weighted by Gasteiger charge is -2.05. The van der Waals surface area contributed by atoms with Gasteiger partial charge in [-0.25, -0.2) is 4.98 Å². The van der Waals surface area contributed by atoms with E-state index in [-0.39, 0.29) is 0 Å². The second-order valence-corrected chi connectivity index (χ2v) is 6.85. The van der Waals surface area contributed by atoms with Gasteiger partial charge >= 0.3 is 0 Å². The number of pyridine rings is 1. The molecule has 5 aromatic rings. The molecule has 0 unspecified atom stereocenters. The SMILES string of the molecule is Nc1c(-c2nc3ccc(-c4cccs4)cc3[nH]2)cnc2ccccc12. The Morgan fingerprint density at radius 1 is 0.960 bits per heavy atom. The van der Waals surface area contributed by atoms with Crippen LogP contribution in [0.3, 0.4) is 0 Å². The summed E-state index contributed by atoms with van der Waals surface area (Å²) in [4.78, 5) is 13.8. The number of aromatic nitrogens is 3. The topological polar surface area (TPSA) is 67.6 Å². The number of H-pyrrole nitrogens is 1. The van der Waals surface area contributed by atoms with Crippen molar-refractivity contribution in [3.05, 3.63) is 66.2 Å². The largest absolute Gasteiger partial charge is 0.398 e. The fourth-order valence-corrected chi connectivity index (χ4v) is 3.81. The molecule has 0 amide bonds. The van der Waals surface area contributed by atoms with Crippen LogP contribution in [0.5, 0.6) is 0 Å². The molecule has 3 aromatic heterocycles. The Morgan fingerprint density at radius 3 is 2.76 bits per heavy atom. The molecule has 0 bridgehead atoms. The molecular weight excluding hydrogens is 328 g/mol. The molecular formula is C20H14N4S. The average Bonchev–Trinajstić information content (AvgIpc) is 3.31.